The van der Waals surface area contributed by atoms with E-state index in [-0.39, 0.29) is 28.3 Å². The summed E-state index contributed by atoms with van der Waals surface area (Å²) in [5.74, 6) is 0.316. The molecule has 2 rings (SSSR count). The topological polar surface area (TPSA) is 72.7 Å². The van der Waals surface area contributed by atoms with E-state index >= 15 is 0 Å². The first-order chi connectivity index (χ1) is 9.92. The van der Waals surface area contributed by atoms with Gasteiger partial charge in [-0.05, 0) is 30.9 Å². The summed E-state index contributed by atoms with van der Waals surface area (Å²) in [7, 11) is 3.05. The summed E-state index contributed by atoms with van der Waals surface area (Å²) in [6, 6.07) is 4.23. The molecule has 1 amide bonds. The third kappa shape index (κ3) is 3.44. The number of hydrogen-bond acceptors (Lipinski definition) is 4. The number of rotatable bonds is 5. The molecule has 1 aromatic rings. The largest absolute Gasteiger partial charge is 0.490 e. The molecule has 1 saturated carbocycles. The number of halogens is 1. The summed E-state index contributed by atoms with van der Waals surface area (Å²) < 4.78 is 4.92. The maximum Gasteiger partial charge on any atom is 0.311 e. The molecule has 1 fully saturated rings. The number of carbonyl (C=O) groups excluding carboxylic acids is 1. The molecule has 0 N–H and O–H groups in total. The molecule has 0 aliphatic heterocycles. The Kier molecular flexibility index (Phi) is 4.67. The lowest BCUT2D eigenvalue weighted by atomic mass is 9.84. The second-order valence-electron chi connectivity index (χ2n) is 5.26. The van der Waals surface area contributed by atoms with Gasteiger partial charge in [0, 0.05) is 30.6 Å². The number of carbonyl (C=O) groups is 1. The fourth-order valence-corrected chi connectivity index (χ4v) is 2.96. The Hall–Kier alpha value is -1.82. The van der Waals surface area contributed by atoms with Crippen LogP contribution in [0.25, 0.3) is 0 Å². The highest BCUT2D eigenvalue weighted by Crippen LogP contribution is 2.33. The lowest BCUT2D eigenvalue weighted by Crippen LogP contribution is -2.37. The maximum atomic E-state index is 12.3. The third-order valence-electron chi connectivity index (χ3n) is 3.68. The number of benzene rings is 1. The zero-order valence-electron chi connectivity index (χ0n) is 11.9. The minimum atomic E-state index is -0.556. The second kappa shape index (κ2) is 6.30. The molecule has 0 unspecified atom stereocenters. The second-order valence-corrected chi connectivity index (χ2v) is 5.88. The Morgan fingerprint density at radius 2 is 2.19 bits per heavy atom. The number of nitro groups is 1. The predicted molar refractivity (Wildman–Crippen MR) is 79.0 cm³/mol. The Labute approximate surface area is 127 Å². The lowest BCUT2D eigenvalue weighted by molar-refractivity contribution is -0.385. The smallest absolute Gasteiger partial charge is 0.311 e. The van der Waals surface area contributed by atoms with E-state index in [9.17, 15) is 14.9 Å². The molecular formula is C14H17ClN2O4. The van der Waals surface area contributed by atoms with Crippen molar-refractivity contribution in [1.82, 2.24) is 4.90 Å². The van der Waals surface area contributed by atoms with Crippen LogP contribution in [0.1, 0.15) is 23.2 Å². The van der Waals surface area contributed by atoms with Crippen LogP contribution in [0.5, 0.6) is 5.75 Å². The number of methoxy groups -OCH3 is 1. The van der Waals surface area contributed by atoms with E-state index in [1.807, 2.05) is 0 Å². The molecular weight excluding hydrogens is 296 g/mol. The fraction of sp³-hybridized carbons (Fsp3) is 0.500. The highest BCUT2D eigenvalue weighted by Gasteiger charge is 2.29. The van der Waals surface area contributed by atoms with Crippen molar-refractivity contribution in [3.05, 3.63) is 33.9 Å². The van der Waals surface area contributed by atoms with Gasteiger partial charge in [0.2, 0.25) is 0 Å². The van der Waals surface area contributed by atoms with Gasteiger partial charge in [-0.2, -0.15) is 0 Å². The van der Waals surface area contributed by atoms with Crippen molar-refractivity contribution in [3.63, 3.8) is 0 Å². The zero-order chi connectivity index (χ0) is 15.6. The van der Waals surface area contributed by atoms with E-state index < -0.39 is 4.92 Å². The van der Waals surface area contributed by atoms with Crippen LogP contribution in [0, 0.1) is 16.0 Å². The molecule has 0 atom stereocenters. The van der Waals surface area contributed by atoms with E-state index in [0.717, 1.165) is 12.8 Å². The van der Waals surface area contributed by atoms with Gasteiger partial charge in [-0.15, -0.1) is 11.6 Å². The van der Waals surface area contributed by atoms with E-state index in [0.29, 0.717) is 12.5 Å². The van der Waals surface area contributed by atoms with E-state index in [1.54, 1.807) is 11.9 Å². The first kappa shape index (κ1) is 15.6. The summed E-state index contributed by atoms with van der Waals surface area (Å²) in [6.07, 6.45) is 1.81. The highest BCUT2D eigenvalue weighted by molar-refractivity contribution is 6.21. The van der Waals surface area contributed by atoms with Crippen LogP contribution >= 0.6 is 11.6 Å². The van der Waals surface area contributed by atoms with Crippen molar-refractivity contribution >= 4 is 23.2 Å². The number of nitro benzene ring substituents is 1. The summed E-state index contributed by atoms with van der Waals surface area (Å²) >= 11 is 5.92. The number of alkyl halides is 1. The molecule has 1 aliphatic carbocycles. The summed E-state index contributed by atoms with van der Waals surface area (Å²) in [5.41, 5.74) is 0.0768. The Morgan fingerprint density at radius 1 is 1.52 bits per heavy atom. The van der Waals surface area contributed by atoms with Gasteiger partial charge in [0.25, 0.3) is 5.91 Å². The van der Waals surface area contributed by atoms with Crippen LogP contribution in [0.3, 0.4) is 0 Å². The summed E-state index contributed by atoms with van der Waals surface area (Å²) in [6.45, 7) is 0.613. The number of nitrogens with zero attached hydrogens (tertiary/aromatic N) is 2. The lowest BCUT2D eigenvalue weighted by Gasteiger charge is -2.34. The average Bonchev–Trinajstić information content (AvgIpc) is 2.43. The van der Waals surface area contributed by atoms with E-state index in [2.05, 4.69) is 0 Å². The van der Waals surface area contributed by atoms with Crippen molar-refractivity contribution in [2.75, 3.05) is 20.7 Å². The normalized spacial score (nSPS) is 20.5. The number of ether oxygens (including phenoxy) is 1. The Balaban J connectivity index is 2.11. The molecule has 7 heteroatoms. The summed E-state index contributed by atoms with van der Waals surface area (Å²) in [5, 5.41) is 11.2. The highest BCUT2D eigenvalue weighted by atomic mass is 35.5. The van der Waals surface area contributed by atoms with Crippen LogP contribution in [-0.2, 0) is 0 Å². The van der Waals surface area contributed by atoms with E-state index in [4.69, 9.17) is 16.3 Å². The van der Waals surface area contributed by atoms with Gasteiger partial charge in [-0.25, -0.2) is 0 Å². The van der Waals surface area contributed by atoms with Crippen molar-refractivity contribution in [2.24, 2.45) is 5.92 Å². The van der Waals surface area contributed by atoms with Gasteiger partial charge in [0.1, 0.15) is 0 Å². The molecule has 1 aliphatic rings. The van der Waals surface area contributed by atoms with Crippen molar-refractivity contribution in [3.8, 4) is 5.75 Å². The molecule has 21 heavy (non-hydrogen) atoms. The van der Waals surface area contributed by atoms with Crippen LogP contribution in [0.4, 0.5) is 5.69 Å². The van der Waals surface area contributed by atoms with Gasteiger partial charge in [-0.3, -0.25) is 14.9 Å². The molecule has 6 nitrogen and oxygen atoms in total. The first-order valence-corrected chi connectivity index (χ1v) is 7.08. The average molecular weight is 313 g/mol. The van der Waals surface area contributed by atoms with Gasteiger partial charge in [0.05, 0.1) is 12.0 Å². The molecule has 0 aromatic heterocycles. The quantitative estimate of drug-likeness (QED) is 0.476. The van der Waals surface area contributed by atoms with Crippen molar-refractivity contribution < 1.29 is 14.5 Å². The van der Waals surface area contributed by atoms with Crippen LogP contribution in [-0.4, -0.2) is 41.8 Å². The van der Waals surface area contributed by atoms with Crippen molar-refractivity contribution in [1.29, 1.82) is 0 Å². The van der Waals surface area contributed by atoms with E-state index in [1.165, 1.54) is 25.3 Å². The van der Waals surface area contributed by atoms with Crippen LogP contribution < -0.4 is 4.74 Å². The van der Waals surface area contributed by atoms with Gasteiger partial charge < -0.3 is 9.64 Å². The fourth-order valence-electron chi connectivity index (χ4n) is 2.46. The van der Waals surface area contributed by atoms with Crippen LogP contribution in [0.15, 0.2) is 18.2 Å². The first-order valence-electron chi connectivity index (χ1n) is 6.64. The monoisotopic (exact) mass is 312 g/mol. The molecule has 0 radical (unpaired) electrons. The zero-order valence-corrected chi connectivity index (χ0v) is 12.7. The van der Waals surface area contributed by atoms with Crippen LogP contribution in [0.2, 0.25) is 0 Å². The van der Waals surface area contributed by atoms with Gasteiger partial charge in [0.15, 0.2) is 5.75 Å². The Bertz CT molecular complexity index is 558. The SMILES string of the molecule is COc1ccc(C(=O)N(C)CC2CC(Cl)C2)cc1[N+](=O)[O-]. The minimum Gasteiger partial charge on any atom is -0.490 e. The number of amides is 1. The molecule has 0 spiro atoms. The maximum absolute atomic E-state index is 12.3. The molecule has 0 saturated heterocycles. The molecule has 0 bridgehead atoms. The standard InChI is InChI=1S/C14H17ClN2O4/c1-16(8-9-5-11(15)6-9)14(18)10-3-4-13(21-2)12(7-10)17(19)20/h3-4,7,9,11H,5-6,8H2,1-2H3. The summed E-state index contributed by atoms with van der Waals surface area (Å²) in [4.78, 5) is 24.3. The number of hydrogen-bond donors (Lipinski definition) is 0. The Morgan fingerprint density at radius 3 is 2.71 bits per heavy atom. The predicted octanol–water partition coefficient (Wildman–Crippen LogP) is 2.69. The van der Waals surface area contributed by atoms with Gasteiger partial charge in [-0.1, -0.05) is 0 Å². The molecule has 114 valence electrons. The minimum absolute atomic E-state index is 0.142. The van der Waals surface area contributed by atoms with Crippen molar-refractivity contribution in [2.45, 2.75) is 18.2 Å². The molecule has 1 aromatic carbocycles. The third-order valence-corrected chi connectivity index (χ3v) is 4.04. The molecule has 0 heterocycles. The van der Waals surface area contributed by atoms with Gasteiger partial charge >= 0.3 is 5.69 Å².